The number of rotatable bonds is 4. The van der Waals surface area contributed by atoms with E-state index in [0.717, 1.165) is 0 Å². The van der Waals surface area contributed by atoms with Crippen LogP contribution in [-0.2, 0) is 9.53 Å². The Kier molecular flexibility index (Phi) is 3.56. The van der Waals surface area contributed by atoms with Crippen molar-refractivity contribution in [3.8, 4) is 5.75 Å². The van der Waals surface area contributed by atoms with Crippen molar-refractivity contribution in [2.24, 2.45) is 0 Å². The summed E-state index contributed by atoms with van der Waals surface area (Å²) in [4.78, 5) is 35.1. The van der Waals surface area contributed by atoms with Crippen molar-refractivity contribution in [1.29, 1.82) is 0 Å². The molecule has 6 heteroatoms. The van der Waals surface area contributed by atoms with Gasteiger partial charge in [0.15, 0.2) is 5.78 Å². The predicted molar refractivity (Wildman–Crippen MR) is 70.0 cm³/mol. The van der Waals surface area contributed by atoms with Crippen LogP contribution < -0.4 is 0 Å². The molecule has 0 fully saturated rings. The van der Waals surface area contributed by atoms with Crippen molar-refractivity contribution < 1.29 is 24.2 Å². The first-order valence-electron chi connectivity index (χ1n) is 6.02. The van der Waals surface area contributed by atoms with Crippen LogP contribution in [0.3, 0.4) is 0 Å². The van der Waals surface area contributed by atoms with Gasteiger partial charge in [0.1, 0.15) is 5.75 Å². The van der Waals surface area contributed by atoms with Gasteiger partial charge in [0.2, 0.25) is 0 Å². The highest BCUT2D eigenvalue weighted by atomic mass is 16.5. The van der Waals surface area contributed by atoms with Crippen molar-refractivity contribution in [3.63, 3.8) is 0 Å². The second kappa shape index (κ2) is 5.16. The molecule has 0 bridgehead atoms. The fourth-order valence-electron chi connectivity index (χ4n) is 1.99. The first kappa shape index (κ1) is 13.8. The molecule has 0 amide bonds. The molecule has 6 nitrogen and oxygen atoms in total. The Balaban J connectivity index is 2.68. The van der Waals surface area contributed by atoms with E-state index in [0.29, 0.717) is 0 Å². The molecule has 0 atom stereocenters. The number of nitrogens with zero attached hydrogens (tertiary/aromatic N) is 1. The number of esters is 1. The molecule has 20 heavy (non-hydrogen) atoms. The largest absolute Gasteiger partial charge is 0.506 e. The Bertz CT molecular complexity index is 714. The summed E-state index contributed by atoms with van der Waals surface area (Å²) in [7, 11) is 0. The van der Waals surface area contributed by atoms with Gasteiger partial charge in [-0.2, -0.15) is 0 Å². The molecule has 2 rings (SSSR count). The zero-order chi connectivity index (χ0) is 14.9. The summed E-state index contributed by atoms with van der Waals surface area (Å²) in [5.41, 5.74) is 0.283. The number of aromatic nitrogens is 1. The lowest BCUT2D eigenvalue weighted by Crippen LogP contribution is -2.17. The number of ketones is 2. The molecule has 104 valence electrons. The van der Waals surface area contributed by atoms with Gasteiger partial charge in [0.05, 0.1) is 23.4 Å². The first-order valence-corrected chi connectivity index (χ1v) is 6.02. The molecule has 2 heterocycles. The molecule has 0 unspecified atom stereocenters. The van der Waals surface area contributed by atoms with Crippen LogP contribution in [0.5, 0.6) is 5.75 Å². The second-order valence-corrected chi connectivity index (χ2v) is 4.16. The summed E-state index contributed by atoms with van der Waals surface area (Å²) in [6.45, 7) is 2.99. The zero-order valence-corrected chi connectivity index (χ0v) is 11.0. The lowest BCUT2D eigenvalue weighted by molar-refractivity contribution is -0.137. The second-order valence-electron chi connectivity index (χ2n) is 4.16. The van der Waals surface area contributed by atoms with Crippen molar-refractivity contribution >= 4 is 23.1 Å². The molecule has 1 N–H and O–H groups in total. The molecule has 0 saturated carbocycles. The minimum Gasteiger partial charge on any atom is -0.506 e. The van der Waals surface area contributed by atoms with E-state index in [1.165, 1.54) is 35.7 Å². The molecule has 0 aliphatic heterocycles. The molecular formula is C14H13NO5. The van der Waals surface area contributed by atoms with Crippen LogP contribution in [-0.4, -0.2) is 33.6 Å². The Morgan fingerprint density at radius 1 is 1.35 bits per heavy atom. The van der Waals surface area contributed by atoms with Gasteiger partial charge in [-0.05, 0) is 25.1 Å². The van der Waals surface area contributed by atoms with Crippen LogP contribution in [0.4, 0.5) is 0 Å². The monoisotopic (exact) mass is 275 g/mol. The molecule has 2 aromatic rings. The van der Waals surface area contributed by atoms with Gasteiger partial charge in [-0.3, -0.25) is 9.59 Å². The summed E-state index contributed by atoms with van der Waals surface area (Å²) < 4.78 is 6.03. The van der Waals surface area contributed by atoms with E-state index >= 15 is 0 Å². The molecule has 0 aliphatic rings. The third-order valence-electron chi connectivity index (χ3n) is 2.83. The minimum absolute atomic E-state index is 0.0493. The molecule has 0 saturated heterocycles. The van der Waals surface area contributed by atoms with Gasteiger partial charge in [-0.1, -0.05) is 0 Å². The lowest BCUT2D eigenvalue weighted by atomic mass is 10.1. The van der Waals surface area contributed by atoms with E-state index in [-0.39, 0.29) is 34.9 Å². The number of ether oxygens (including phenoxy) is 1. The van der Waals surface area contributed by atoms with Gasteiger partial charge in [0, 0.05) is 13.1 Å². The van der Waals surface area contributed by atoms with Crippen LogP contribution in [0.25, 0.3) is 5.52 Å². The Morgan fingerprint density at radius 3 is 2.65 bits per heavy atom. The van der Waals surface area contributed by atoms with Crippen LogP contribution in [0.2, 0.25) is 0 Å². The standard InChI is InChI=1S/C14H13NO5/c1-3-20-14(19)13(18)9-7-10(8(2)16)15-6-4-5-11(17)12(9)15/h4-7,17H,3H2,1-2H3. The highest BCUT2D eigenvalue weighted by Gasteiger charge is 2.25. The predicted octanol–water partition coefficient (Wildman–Crippen LogP) is 1.59. The number of aromatic hydroxyl groups is 1. The quantitative estimate of drug-likeness (QED) is 0.520. The van der Waals surface area contributed by atoms with Crippen LogP contribution >= 0.6 is 0 Å². The van der Waals surface area contributed by atoms with Crippen molar-refractivity contribution in [1.82, 2.24) is 4.40 Å². The summed E-state index contributed by atoms with van der Waals surface area (Å²) in [5.74, 6) is -2.38. The van der Waals surface area contributed by atoms with Crippen molar-refractivity contribution in [3.05, 3.63) is 35.7 Å². The molecule has 0 aromatic carbocycles. The molecular weight excluding hydrogens is 262 g/mol. The van der Waals surface area contributed by atoms with Gasteiger partial charge in [-0.25, -0.2) is 4.79 Å². The first-order chi connectivity index (χ1) is 9.47. The normalized spacial score (nSPS) is 10.5. The SMILES string of the molecule is CCOC(=O)C(=O)c1cc(C(C)=O)n2cccc(O)c12. The number of hydrogen-bond donors (Lipinski definition) is 1. The zero-order valence-electron chi connectivity index (χ0n) is 11.0. The molecule has 2 aromatic heterocycles. The van der Waals surface area contributed by atoms with Crippen molar-refractivity contribution in [2.45, 2.75) is 13.8 Å². The van der Waals surface area contributed by atoms with Crippen molar-refractivity contribution in [2.75, 3.05) is 6.61 Å². The van der Waals surface area contributed by atoms with E-state index in [1.807, 2.05) is 0 Å². The Labute approximate surface area is 114 Å². The number of carbonyl (C=O) groups is 3. The lowest BCUT2D eigenvalue weighted by Gasteiger charge is -2.02. The maximum atomic E-state index is 12.0. The number of Topliss-reactive ketones (excluding diaryl/α,β-unsaturated/α-hetero) is 2. The average molecular weight is 275 g/mol. The number of fused-ring (bicyclic) bond motifs is 1. The smallest absolute Gasteiger partial charge is 0.379 e. The van der Waals surface area contributed by atoms with E-state index in [1.54, 1.807) is 6.92 Å². The van der Waals surface area contributed by atoms with Gasteiger partial charge in [-0.15, -0.1) is 0 Å². The van der Waals surface area contributed by atoms with Gasteiger partial charge in [0.25, 0.3) is 5.78 Å². The summed E-state index contributed by atoms with van der Waals surface area (Å²) >= 11 is 0. The summed E-state index contributed by atoms with van der Waals surface area (Å²) in [6, 6.07) is 4.20. The molecule has 0 radical (unpaired) electrons. The maximum Gasteiger partial charge on any atom is 0.379 e. The van der Waals surface area contributed by atoms with Crippen LogP contribution in [0, 0.1) is 0 Å². The Hall–Kier alpha value is -2.63. The third-order valence-corrected chi connectivity index (χ3v) is 2.83. The topological polar surface area (TPSA) is 85.1 Å². The highest BCUT2D eigenvalue weighted by Crippen LogP contribution is 2.26. The minimum atomic E-state index is -1.02. The van der Waals surface area contributed by atoms with Gasteiger partial charge >= 0.3 is 5.97 Å². The van der Waals surface area contributed by atoms with E-state index in [4.69, 9.17) is 0 Å². The summed E-state index contributed by atoms with van der Waals surface area (Å²) in [5, 5.41) is 9.87. The number of pyridine rings is 1. The molecule has 0 aliphatic carbocycles. The van der Waals surface area contributed by atoms with E-state index < -0.39 is 11.8 Å². The molecule has 0 spiro atoms. The third kappa shape index (κ3) is 2.16. The Morgan fingerprint density at radius 2 is 2.05 bits per heavy atom. The maximum absolute atomic E-state index is 12.0. The average Bonchev–Trinajstić information content (AvgIpc) is 2.79. The number of carbonyl (C=O) groups excluding carboxylic acids is 3. The van der Waals surface area contributed by atoms with E-state index in [9.17, 15) is 19.5 Å². The van der Waals surface area contributed by atoms with E-state index in [2.05, 4.69) is 4.74 Å². The summed E-state index contributed by atoms with van der Waals surface area (Å²) in [6.07, 6.45) is 1.54. The van der Waals surface area contributed by atoms with Gasteiger partial charge < -0.3 is 14.2 Å². The fourth-order valence-corrected chi connectivity index (χ4v) is 1.99. The fraction of sp³-hybridized carbons (Fsp3) is 0.214. The van der Waals surface area contributed by atoms with Crippen LogP contribution in [0.15, 0.2) is 24.4 Å². The number of hydrogen-bond acceptors (Lipinski definition) is 5. The highest BCUT2D eigenvalue weighted by molar-refractivity contribution is 6.42. The van der Waals surface area contributed by atoms with Crippen LogP contribution in [0.1, 0.15) is 34.7 Å².